The smallest absolute Gasteiger partial charge is 0.335 e. The second-order valence-electron chi connectivity index (χ2n) is 2.59. The van der Waals surface area contributed by atoms with Gasteiger partial charge >= 0.3 is 5.97 Å². The molecule has 14 heavy (non-hydrogen) atoms. The highest BCUT2D eigenvalue weighted by atomic mass is 16.5. The summed E-state index contributed by atoms with van der Waals surface area (Å²) in [6.45, 7) is 0.277. The molecular formula is C10H9NO3. The van der Waals surface area contributed by atoms with Crippen LogP contribution in [0.2, 0.25) is 0 Å². The van der Waals surface area contributed by atoms with Crippen molar-refractivity contribution in [2.45, 2.75) is 6.42 Å². The maximum absolute atomic E-state index is 10.6. The molecule has 0 saturated heterocycles. The van der Waals surface area contributed by atoms with Gasteiger partial charge in [0.15, 0.2) is 0 Å². The average molecular weight is 191 g/mol. The molecule has 0 aromatic heterocycles. The summed E-state index contributed by atoms with van der Waals surface area (Å²) in [5, 5.41) is 16.9. The fourth-order valence-electron chi connectivity index (χ4n) is 0.933. The minimum atomic E-state index is -0.990. The monoisotopic (exact) mass is 191 g/mol. The van der Waals surface area contributed by atoms with Gasteiger partial charge in [-0.25, -0.2) is 4.79 Å². The fraction of sp³-hybridized carbons (Fsp3) is 0.200. The van der Waals surface area contributed by atoms with E-state index in [9.17, 15) is 4.79 Å². The van der Waals surface area contributed by atoms with Gasteiger partial charge < -0.3 is 9.84 Å². The van der Waals surface area contributed by atoms with Crippen molar-refractivity contribution in [3.8, 4) is 11.8 Å². The molecule has 0 spiro atoms. The zero-order valence-corrected chi connectivity index (χ0v) is 7.43. The van der Waals surface area contributed by atoms with Crippen LogP contribution in [0, 0.1) is 11.3 Å². The van der Waals surface area contributed by atoms with E-state index in [4.69, 9.17) is 15.1 Å². The van der Waals surface area contributed by atoms with E-state index in [1.165, 1.54) is 12.1 Å². The summed E-state index contributed by atoms with van der Waals surface area (Å²) in [4.78, 5) is 10.6. The second-order valence-corrected chi connectivity index (χ2v) is 2.59. The van der Waals surface area contributed by atoms with Crippen LogP contribution in [-0.4, -0.2) is 17.7 Å². The van der Waals surface area contributed by atoms with Crippen molar-refractivity contribution in [3.05, 3.63) is 29.8 Å². The minimum Gasteiger partial charge on any atom is -0.492 e. The number of nitriles is 1. The highest BCUT2D eigenvalue weighted by Gasteiger charge is 2.02. The van der Waals surface area contributed by atoms with Gasteiger partial charge in [0.2, 0.25) is 0 Å². The summed E-state index contributed by atoms with van der Waals surface area (Å²) in [6.07, 6.45) is 0.289. The number of ether oxygens (including phenoxy) is 1. The van der Waals surface area contributed by atoms with Crippen molar-refractivity contribution in [2.24, 2.45) is 0 Å². The SMILES string of the molecule is N#CCCOc1cccc(C(=O)O)c1. The lowest BCUT2D eigenvalue weighted by molar-refractivity contribution is 0.0696. The van der Waals surface area contributed by atoms with Crippen molar-refractivity contribution in [1.82, 2.24) is 0 Å². The molecule has 0 radical (unpaired) electrons. The van der Waals surface area contributed by atoms with Crippen LogP contribution in [0.4, 0.5) is 0 Å². The van der Waals surface area contributed by atoms with Crippen LogP contribution in [-0.2, 0) is 0 Å². The van der Waals surface area contributed by atoms with Gasteiger partial charge in [-0.05, 0) is 18.2 Å². The third-order valence-electron chi connectivity index (χ3n) is 1.56. The normalized spacial score (nSPS) is 9.07. The Kier molecular flexibility index (Phi) is 3.50. The van der Waals surface area contributed by atoms with Crippen LogP contribution >= 0.6 is 0 Å². The summed E-state index contributed by atoms with van der Waals surface area (Å²) in [7, 11) is 0. The maximum atomic E-state index is 10.6. The molecule has 0 unspecified atom stereocenters. The molecule has 0 heterocycles. The van der Waals surface area contributed by atoms with Crippen LogP contribution in [0.5, 0.6) is 5.75 Å². The van der Waals surface area contributed by atoms with Gasteiger partial charge in [0.1, 0.15) is 12.4 Å². The lowest BCUT2D eigenvalue weighted by Crippen LogP contribution is -1.99. The van der Waals surface area contributed by atoms with Gasteiger partial charge in [-0.15, -0.1) is 0 Å². The number of rotatable bonds is 4. The molecule has 0 bridgehead atoms. The largest absolute Gasteiger partial charge is 0.492 e. The van der Waals surface area contributed by atoms with E-state index < -0.39 is 5.97 Å². The van der Waals surface area contributed by atoms with Gasteiger partial charge in [0.25, 0.3) is 0 Å². The summed E-state index contributed by atoms with van der Waals surface area (Å²) in [5.41, 5.74) is 0.180. The summed E-state index contributed by atoms with van der Waals surface area (Å²) >= 11 is 0. The van der Waals surface area contributed by atoms with Gasteiger partial charge in [0, 0.05) is 0 Å². The standard InChI is InChI=1S/C10H9NO3/c11-5-2-6-14-9-4-1-3-8(7-9)10(12)13/h1,3-4,7H,2,6H2,(H,12,13). The summed E-state index contributed by atoms with van der Waals surface area (Å²) < 4.78 is 5.15. The van der Waals surface area contributed by atoms with Gasteiger partial charge in [-0.1, -0.05) is 6.07 Å². The van der Waals surface area contributed by atoms with Crippen molar-refractivity contribution in [1.29, 1.82) is 5.26 Å². The number of hydrogen-bond donors (Lipinski definition) is 1. The first-order chi connectivity index (χ1) is 6.74. The number of carboxylic acid groups (broad SMARTS) is 1. The Hall–Kier alpha value is -2.02. The Morgan fingerprint density at radius 2 is 2.36 bits per heavy atom. The third-order valence-corrected chi connectivity index (χ3v) is 1.56. The van der Waals surface area contributed by atoms with Crippen LogP contribution < -0.4 is 4.74 Å². The first-order valence-electron chi connectivity index (χ1n) is 4.07. The molecule has 1 aromatic carbocycles. The summed E-state index contributed by atoms with van der Waals surface area (Å²) in [5.74, 6) is -0.518. The van der Waals surface area contributed by atoms with E-state index in [1.807, 2.05) is 6.07 Å². The van der Waals surface area contributed by atoms with Crippen molar-refractivity contribution in [2.75, 3.05) is 6.61 Å². The first-order valence-corrected chi connectivity index (χ1v) is 4.07. The van der Waals surface area contributed by atoms with Gasteiger partial charge in [0.05, 0.1) is 18.1 Å². The molecule has 0 aliphatic carbocycles. The third kappa shape index (κ3) is 2.79. The lowest BCUT2D eigenvalue weighted by Gasteiger charge is -2.03. The van der Waals surface area contributed by atoms with E-state index in [0.29, 0.717) is 5.75 Å². The molecule has 0 aliphatic heterocycles. The number of aromatic carboxylic acids is 1. The molecule has 0 aliphatic rings. The average Bonchev–Trinajstić information content (AvgIpc) is 2.19. The predicted molar refractivity (Wildman–Crippen MR) is 49.1 cm³/mol. The van der Waals surface area contributed by atoms with Gasteiger partial charge in [-0.3, -0.25) is 0 Å². The number of carbonyl (C=O) groups is 1. The highest BCUT2D eigenvalue weighted by molar-refractivity contribution is 5.87. The Bertz CT molecular complexity index is 368. The first kappa shape index (κ1) is 10.1. The minimum absolute atomic E-state index is 0.180. The van der Waals surface area contributed by atoms with E-state index in [-0.39, 0.29) is 18.6 Å². The fourth-order valence-corrected chi connectivity index (χ4v) is 0.933. The zero-order chi connectivity index (χ0) is 10.4. The van der Waals surface area contributed by atoms with Crippen LogP contribution in [0.1, 0.15) is 16.8 Å². The van der Waals surface area contributed by atoms with E-state index in [0.717, 1.165) is 0 Å². The lowest BCUT2D eigenvalue weighted by atomic mass is 10.2. The van der Waals surface area contributed by atoms with E-state index >= 15 is 0 Å². The van der Waals surface area contributed by atoms with Crippen LogP contribution in [0.25, 0.3) is 0 Å². The van der Waals surface area contributed by atoms with E-state index in [1.54, 1.807) is 12.1 Å². The molecule has 0 amide bonds. The molecule has 72 valence electrons. The second kappa shape index (κ2) is 4.87. The number of benzene rings is 1. The zero-order valence-electron chi connectivity index (χ0n) is 7.43. The van der Waals surface area contributed by atoms with Crippen molar-refractivity contribution < 1.29 is 14.6 Å². The molecule has 1 N–H and O–H groups in total. The van der Waals surface area contributed by atoms with Crippen molar-refractivity contribution >= 4 is 5.97 Å². The Balaban J connectivity index is 2.65. The molecule has 4 heteroatoms. The number of hydrogen-bond acceptors (Lipinski definition) is 3. The molecule has 1 aromatic rings. The number of carboxylic acids is 1. The maximum Gasteiger partial charge on any atom is 0.335 e. The Labute approximate surface area is 81.4 Å². The highest BCUT2D eigenvalue weighted by Crippen LogP contribution is 2.13. The van der Waals surface area contributed by atoms with Crippen molar-refractivity contribution in [3.63, 3.8) is 0 Å². The summed E-state index contributed by atoms with van der Waals surface area (Å²) in [6, 6.07) is 8.11. The molecular weight excluding hydrogens is 182 g/mol. The molecule has 1 rings (SSSR count). The Morgan fingerprint density at radius 1 is 1.57 bits per heavy atom. The Morgan fingerprint density at radius 3 is 3.00 bits per heavy atom. The molecule has 0 fully saturated rings. The topological polar surface area (TPSA) is 70.3 Å². The quantitative estimate of drug-likeness (QED) is 0.735. The van der Waals surface area contributed by atoms with Gasteiger partial charge in [-0.2, -0.15) is 5.26 Å². The predicted octanol–water partition coefficient (Wildman–Crippen LogP) is 1.68. The number of nitrogens with zero attached hydrogens (tertiary/aromatic N) is 1. The molecule has 0 atom stereocenters. The van der Waals surface area contributed by atoms with E-state index in [2.05, 4.69) is 0 Å². The van der Waals surface area contributed by atoms with Crippen LogP contribution in [0.3, 0.4) is 0 Å². The molecule has 4 nitrogen and oxygen atoms in total. The van der Waals surface area contributed by atoms with Crippen LogP contribution in [0.15, 0.2) is 24.3 Å². The molecule has 0 saturated carbocycles.